The maximum atomic E-state index is 13.2. The summed E-state index contributed by atoms with van der Waals surface area (Å²) in [5.41, 5.74) is 14.9. The van der Waals surface area contributed by atoms with E-state index in [0.29, 0.717) is 107 Å². The summed E-state index contributed by atoms with van der Waals surface area (Å²) in [4.78, 5) is 70.4. The fraction of sp³-hybridized carbons (Fsp3) is 0.101. The van der Waals surface area contributed by atoms with E-state index in [-0.39, 0.29) is 67.5 Å². The zero-order valence-electron chi connectivity index (χ0n) is 62.7. The SMILES string of the molecule is C#Cc1ccc(-c2cnc3c(-c4ccc(Cl)c(Cl)c4)c(C)[nH]n3c2=O)c(O)c1.CC#Cc1ccc(-c2cnc3c(-c4ccc(Cl)c(Cl)c4)c(C)[nH]n3c2=O)c(O)c1.CCC#Cc1ccc(-c2cnc3c(-c4ccc(Cl)c(Cl)c4)c(C)[nH]n3c2=O)c(O)c1.CCC#Cc1ccc(-c2cnc3c(-c4ccc(Cl)c(Cl)c4)c(C)[nH]n3c2=O)c(O)c1. The van der Waals surface area contributed by atoms with Gasteiger partial charge in [-0.25, -0.2) is 38.0 Å². The second-order valence-electron chi connectivity index (χ2n) is 26.3. The number of phenols is 4. The van der Waals surface area contributed by atoms with Gasteiger partial charge >= 0.3 is 0 Å². The maximum Gasteiger partial charge on any atom is 0.280 e. The molecular formula is C89H62Cl8N12O8. The molecule has 0 aliphatic heterocycles. The molecule has 582 valence electrons. The van der Waals surface area contributed by atoms with Crippen molar-refractivity contribution in [1.82, 2.24) is 58.4 Å². The van der Waals surface area contributed by atoms with Gasteiger partial charge < -0.3 is 20.4 Å². The summed E-state index contributed by atoms with van der Waals surface area (Å²) in [6.07, 6.45) is 12.6. The minimum atomic E-state index is -0.344. The van der Waals surface area contributed by atoms with Gasteiger partial charge in [0.05, 0.1) is 62.4 Å². The molecule has 0 aliphatic carbocycles. The first-order valence-electron chi connectivity index (χ1n) is 35.6. The normalized spacial score (nSPS) is 10.8. The Morgan fingerprint density at radius 1 is 0.333 bits per heavy atom. The van der Waals surface area contributed by atoms with Crippen molar-refractivity contribution >= 4 is 115 Å². The number of aryl methyl sites for hydroxylation is 4. The first-order valence-corrected chi connectivity index (χ1v) is 38.6. The van der Waals surface area contributed by atoms with Gasteiger partial charge in [0, 0.05) is 127 Å². The minimum absolute atomic E-state index is 0.0234. The molecule has 0 saturated carbocycles. The molecule has 8 N–H and O–H groups in total. The predicted octanol–water partition coefficient (Wildman–Crippen LogP) is 20.6. The highest BCUT2D eigenvalue weighted by Gasteiger charge is 2.24. The van der Waals surface area contributed by atoms with Gasteiger partial charge in [-0.05, 0) is 178 Å². The highest BCUT2D eigenvalue weighted by Crippen LogP contribution is 2.40. The van der Waals surface area contributed by atoms with Crippen LogP contribution in [0.5, 0.6) is 23.0 Å². The van der Waals surface area contributed by atoms with Gasteiger partial charge in [0.1, 0.15) is 23.0 Å². The molecule has 0 fully saturated rings. The number of halogens is 8. The first kappa shape index (κ1) is 82.2. The van der Waals surface area contributed by atoms with Crippen LogP contribution in [0.4, 0.5) is 0 Å². The number of terminal acetylenes is 1. The number of benzene rings is 8. The Morgan fingerprint density at radius 3 is 0.795 bits per heavy atom. The lowest BCUT2D eigenvalue weighted by molar-refractivity contribution is 0.476. The molecular weight excluding hydrogens is 1650 g/mol. The summed E-state index contributed by atoms with van der Waals surface area (Å²) in [7, 11) is 0. The van der Waals surface area contributed by atoms with Crippen LogP contribution in [0.25, 0.3) is 112 Å². The molecule has 0 unspecified atom stereocenters. The van der Waals surface area contributed by atoms with Gasteiger partial charge in [-0.15, -0.1) is 12.3 Å². The number of hydrogen-bond acceptors (Lipinski definition) is 12. The van der Waals surface area contributed by atoms with Gasteiger partial charge in [0.15, 0.2) is 22.6 Å². The van der Waals surface area contributed by atoms with Crippen LogP contribution in [-0.4, -0.2) is 78.8 Å². The van der Waals surface area contributed by atoms with Crippen molar-refractivity contribution in [3.63, 3.8) is 0 Å². The van der Waals surface area contributed by atoms with Crippen molar-refractivity contribution in [2.75, 3.05) is 0 Å². The molecule has 28 heteroatoms. The summed E-state index contributed by atoms with van der Waals surface area (Å²) in [6.45, 7) is 13.0. The molecule has 8 aromatic heterocycles. The van der Waals surface area contributed by atoms with Gasteiger partial charge in [0.2, 0.25) is 0 Å². The molecule has 16 aromatic rings. The van der Waals surface area contributed by atoms with Gasteiger partial charge in [-0.3, -0.25) is 39.6 Å². The van der Waals surface area contributed by atoms with E-state index in [9.17, 15) is 39.6 Å². The van der Waals surface area contributed by atoms with Crippen LogP contribution in [0, 0.1) is 75.6 Å². The van der Waals surface area contributed by atoms with Crippen LogP contribution in [0.1, 0.15) is 78.6 Å². The summed E-state index contributed by atoms with van der Waals surface area (Å²) in [5, 5.41) is 57.2. The predicted molar refractivity (Wildman–Crippen MR) is 467 cm³/mol. The molecule has 0 aliphatic rings. The Labute approximate surface area is 707 Å². The molecule has 0 radical (unpaired) electrons. The van der Waals surface area contributed by atoms with E-state index in [4.69, 9.17) is 99.2 Å². The molecule has 0 bridgehead atoms. The molecule has 0 amide bonds. The molecule has 117 heavy (non-hydrogen) atoms. The number of nitrogens with one attached hydrogen (secondary N) is 4. The van der Waals surface area contributed by atoms with Crippen molar-refractivity contribution in [2.24, 2.45) is 0 Å². The molecule has 20 nitrogen and oxygen atoms in total. The topological polar surface area (TPSA) is 282 Å². The van der Waals surface area contributed by atoms with Gasteiger partial charge in [0.25, 0.3) is 22.2 Å². The number of aromatic amines is 4. The summed E-state index contributed by atoms with van der Waals surface area (Å²) >= 11 is 48.7. The van der Waals surface area contributed by atoms with E-state index in [0.717, 1.165) is 80.1 Å². The third-order valence-electron chi connectivity index (χ3n) is 18.6. The van der Waals surface area contributed by atoms with E-state index in [1.165, 1.54) is 55.0 Å². The third-order valence-corrected chi connectivity index (χ3v) is 21.6. The lowest BCUT2D eigenvalue weighted by Crippen LogP contribution is -2.17. The second kappa shape index (κ2) is 34.7. The van der Waals surface area contributed by atoms with Crippen LogP contribution in [0.3, 0.4) is 0 Å². The Hall–Kier alpha value is -12.8. The second-order valence-corrected chi connectivity index (χ2v) is 29.5. The number of H-pyrrole nitrogens is 4. The lowest BCUT2D eigenvalue weighted by Gasteiger charge is -2.06. The van der Waals surface area contributed by atoms with E-state index >= 15 is 0 Å². The van der Waals surface area contributed by atoms with Crippen LogP contribution >= 0.6 is 92.8 Å². The first-order chi connectivity index (χ1) is 56.1. The monoisotopic (exact) mass is 1710 g/mol. The van der Waals surface area contributed by atoms with E-state index < -0.39 is 0 Å². The van der Waals surface area contributed by atoms with Crippen molar-refractivity contribution in [3.05, 3.63) is 297 Å². The van der Waals surface area contributed by atoms with Gasteiger partial charge in [-0.1, -0.05) is 166 Å². The Morgan fingerprint density at radius 2 is 0.573 bits per heavy atom. The van der Waals surface area contributed by atoms with E-state index in [1.807, 2.05) is 65.8 Å². The number of phenolic OH excluding ortho intramolecular Hbond substituents is 4. The molecule has 8 heterocycles. The van der Waals surface area contributed by atoms with E-state index in [1.54, 1.807) is 116 Å². The zero-order chi connectivity index (χ0) is 83.5. The van der Waals surface area contributed by atoms with Crippen molar-refractivity contribution in [3.8, 4) is 160 Å². The summed E-state index contributed by atoms with van der Waals surface area (Å²) in [5.74, 6) is 19.8. The third kappa shape index (κ3) is 16.6. The number of nitrogens with zero attached hydrogens (tertiary/aromatic N) is 8. The number of aromatic nitrogens is 12. The quantitative estimate of drug-likeness (QED) is 0.0660. The fourth-order valence-electron chi connectivity index (χ4n) is 13.1. The van der Waals surface area contributed by atoms with Crippen LogP contribution in [0.2, 0.25) is 40.2 Å². The van der Waals surface area contributed by atoms with Crippen LogP contribution in [0.15, 0.2) is 190 Å². The summed E-state index contributed by atoms with van der Waals surface area (Å²) < 4.78 is 5.44. The van der Waals surface area contributed by atoms with Crippen LogP contribution < -0.4 is 22.2 Å². The summed E-state index contributed by atoms with van der Waals surface area (Å²) in [6, 6.07) is 40.7. The number of hydrogen-bond donors (Lipinski definition) is 8. The molecule has 8 aromatic carbocycles. The maximum absolute atomic E-state index is 13.2. The number of fused-ring (bicyclic) bond motifs is 4. The van der Waals surface area contributed by atoms with Crippen molar-refractivity contribution < 1.29 is 20.4 Å². The Kier molecular flexibility index (Phi) is 24.4. The zero-order valence-corrected chi connectivity index (χ0v) is 68.7. The fourth-order valence-corrected chi connectivity index (χ4v) is 14.3. The lowest BCUT2D eigenvalue weighted by atomic mass is 10.0. The van der Waals surface area contributed by atoms with E-state index in [2.05, 4.69) is 81.8 Å². The Balaban J connectivity index is 0.000000136. The average Bonchev–Trinajstić information content (AvgIpc) is 1.65. The molecule has 16 rings (SSSR count). The molecule has 0 spiro atoms. The molecule has 0 atom stereocenters. The largest absolute Gasteiger partial charge is 0.507 e. The molecule has 0 saturated heterocycles. The highest BCUT2D eigenvalue weighted by atomic mass is 35.5. The minimum Gasteiger partial charge on any atom is -0.507 e. The van der Waals surface area contributed by atoms with Crippen molar-refractivity contribution in [2.45, 2.75) is 61.3 Å². The average molecular weight is 1710 g/mol. The smallest absolute Gasteiger partial charge is 0.280 e. The Bertz CT molecular complexity index is 7050. The van der Waals surface area contributed by atoms with Crippen molar-refractivity contribution in [1.29, 1.82) is 0 Å². The number of rotatable bonds is 8. The standard InChI is InChI=1S/2C23H17Cl2N3O2.C22H15Cl2N3O2.C21H13Cl2N3O2/c2*1-3-4-5-14-6-8-16(20(29)10-14)17-12-26-22-21(13(2)27-28(22)23(17)30)15-7-9-18(24)19(25)11-15;1-3-4-13-5-7-15(19(28)9-13)16-11-25-21-20(12(2)26-27(21)22(16)29)14-6-8-17(23)18(24)10-14;1-3-12-4-6-14(18(27)8-12)15-10-24-20-19(11(2)25-26(20)21(15)28)13-5-7-16(22)17(23)9-13/h2*6-12,27,29H,3H2,1-2H3;5-11,26,28H,1-2H3;1,4-10,25,27H,2H3. The number of aromatic hydroxyl groups is 4. The van der Waals surface area contributed by atoms with Gasteiger partial charge in [-0.2, -0.15) is 0 Å². The van der Waals surface area contributed by atoms with Crippen LogP contribution in [-0.2, 0) is 0 Å². The highest BCUT2D eigenvalue weighted by molar-refractivity contribution is 6.44.